The second-order valence-electron chi connectivity index (χ2n) is 22.3. The van der Waals surface area contributed by atoms with E-state index >= 15 is 0 Å². The number of anilines is 3. The van der Waals surface area contributed by atoms with E-state index in [1.165, 1.54) is 31.8 Å². The number of H-pyrrole nitrogens is 1. The number of nitrogen functional groups attached to an aromatic ring is 1. The fourth-order valence-electron chi connectivity index (χ4n) is 10.9. The van der Waals surface area contributed by atoms with Crippen LogP contribution in [0.25, 0.3) is 22.3 Å². The summed E-state index contributed by atoms with van der Waals surface area (Å²) in [5.74, 6) is 1.60. The molecule has 0 unspecified atom stereocenters. The Hall–Kier alpha value is -5.78. The van der Waals surface area contributed by atoms with Gasteiger partial charge in [0, 0.05) is 130 Å². The molecule has 79 heavy (non-hydrogen) atoms. The first-order valence-electron chi connectivity index (χ1n) is 28.8. The highest BCUT2D eigenvalue weighted by atomic mass is 79.9. The lowest BCUT2D eigenvalue weighted by Crippen LogP contribution is -2.59. The molecule has 6 aromatic rings. The molecule has 4 N–H and O–H groups in total. The van der Waals surface area contributed by atoms with Crippen molar-refractivity contribution in [3.8, 4) is 45.5 Å². The van der Waals surface area contributed by atoms with Gasteiger partial charge in [-0.05, 0) is 110 Å². The highest BCUT2D eigenvalue weighted by molar-refractivity contribution is 9.10. The Morgan fingerprint density at radius 2 is 1.35 bits per heavy atom. The van der Waals surface area contributed by atoms with Crippen LogP contribution in [0.3, 0.4) is 0 Å². The Morgan fingerprint density at radius 3 is 1.94 bits per heavy atom. The SMILES string of the molecule is CN1CCC2(C1)CN(S(=O)(=O)c1nc(Br)nn1COCC[Si](C)(C)C)C2.[2H]C([2H])([2H])Oc1cc(-c2ccc3c(c2N)CCO3)ccn1.[2H]C([2H])([2H])Oc1cc(-c2ccc3c(c2Nc2n[nH]c(S(=O)(=O)N4CC5(CCN(C)C5)C4)n2)CCO3)ccn1. The summed E-state index contributed by atoms with van der Waals surface area (Å²) in [4.78, 5) is 20.7. The lowest BCUT2D eigenvalue weighted by atomic mass is 9.81. The molecule has 4 aromatic heterocycles. The van der Waals surface area contributed by atoms with Gasteiger partial charge < -0.3 is 44.5 Å². The highest BCUT2D eigenvalue weighted by Gasteiger charge is 2.53. The van der Waals surface area contributed by atoms with Crippen molar-refractivity contribution < 1.29 is 48.7 Å². The second-order valence-corrected chi connectivity index (χ2v) is 32.3. The van der Waals surface area contributed by atoms with Gasteiger partial charge in [0.15, 0.2) is 0 Å². The van der Waals surface area contributed by atoms with Crippen LogP contribution < -0.4 is 30.0 Å². The molecule has 4 fully saturated rings. The van der Waals surface area contributed by atoms with E-state index in [9.17, 15) is 16.8 Å². The number of aromatic amines is 1. The molecule has 0 aliphatic carbocycles. The number of nitrogens with one attached hydrogen (secondary N) is 2. The van der Waals surface area contributed by atoms with Gasteiger partial charge in [-0.25, -0.2) is 36.6 Å². The van der Waals surface area contributed by atoms with Gasteiger partial charge in [-0.2, -0.15) is 18.6 Å². The number of rotatable bonds is 15. The number of nitrogens with zero attached hydrogens (tertiary/aromatic N) is 11. The number of ether oxygens (including phenoxy) is 5. The molecule has 0 saturated carbocycles. The number of likely N-dealkylation sites (tertiary alicyclic amines) is 2. The zero-order valence-electron chi connectivity index (χ0n) is 50.7. The molecule has 2 spiro atoms. The number of sulfonamides is 2. The summed E-state index contributed by atoms with van der Waals surface area (Å²) < 4.78 is 127. The summed E-state index contributed by atoms with van der Waals surface area (Å²) in [6, 6.07) is 15.0. The third-order valence-corrected chi connectivity index (χ3v) is 20.4. The largest absolute Gasteiger partial charge is 0.493 e. The summed E-state index contributed by atoms with van der Waals surface area (Å²) >= 11 is 3.19. The predicted molar refractivity (Wildman–Crippen MR) is 303 cm³/mol. The minimum absolute atomic E-state index is 0.0229. The van der Waals surface area contributed by atoms with Crippen LogP contribution in [0.15, 0.2) is 76.0 Å². The van der Waals surface area contributed by atoms with Crippen molar-refractivity contribution in [2.45, 2.75) is 68.4 Å². The van der Waals surface area contributed by atoms with Crippen molar-refractivity contribution in [1.82, 2.24) is 58.3 Å². The van der Waals surface area contributed by atoms with E-state index in [-0.39, 0.29) is 50.3 Å². The number of methoxy groups -OCH3 is 2. The van der Waals surface area contributed by atoms with E-state index in [2.05, 4.69) is 93.0 Å². The maximum absolute atomic E-state index is 13.2. The molecule has 0 radical (unpaired) electrons. The second kappa shape index (κ2) is 22.6. The average Bonchev–Trinajstić information content (AvgIpc) is 1.80. The quantitative estimate of drug-likeness (QED) is 0.0620. The van der Waals surface area contributed by atoms with Crippen molar-refractivity contribution in [2.75, 3.05) is 111 Å². The minimum Gasteiger partial charge on any atom is -0.493 e. The van der Waals surface area contributed by atoms with Gasteiger partial charge in [-0.3, -0.25) is 0 Å². The topological polar surface area (TPSA) is 264 Å². The van der Waals surface area contributed by atoms with E-state index < -0.39 is 42.2 Å². The molecule has 2 aromatic carbocycles. The Morgan fingerprint density at radius 1 is 0.785 bits per heavy atom. The zero-order valence-corrected chi connectivity index (χ0v) is 48.9. The monoisotopic (exact) mass is 1210 g/mol. The molecular weight excluding hydrogens is 1140 g/mol. The summed E-state index contributed by atoms with van der Waals surface area (Å²) in [6.07, 6.45) is 6.39. The van der Waals surface area contributed by atoms with Crippen LogP contribution in [0.2, 0.25) is 25.7 Å². The van der Waals surface area contributed by atoms with Gasteiger partial charge >= 0.3 is 0 Å². The van der Waals surface area contributed by atoms with Gasteiger partial charge in [0.05, 0.1) is 41.2 Å². The molecule has 6 aliphatic rings. The van der Waals surface area contributed by atoms with E-state index in [4.69, 9.17) is 37.6 Å². The maximum Gasteiger partial charge on any atom is 0.278 e. The molecule has 4 saturated heterocycles. The van der Waals surface area contributed by atoms with E-state index in [0.29, 0.717) is 80.7 Å². The van der Waals surface area contributed by atoms with Crippen LogP contribution >= 0.6 is 15.9 Å². The van der Waals surface area contributed by atoms with E-state index in [1.807, 2.05) is 31.3 Å². The van der Waals surface area contributed by atoms with Gasteiger partial charge in [0.2, 0.25) is 22.4 Å². The molecule has 12 rings (SSSR count). The number of benzene rings is 2. The number of aromatic nitrogens is 8. The predicted octanol–water partition coefficient (Wildman–Crippen LogP) is 5.83. The molecule has 0 atom stereocenters. The lowest BCUT2D eigenvalue weighted by molar-refractivity contribution is 0.0659. The molecule has 424 valence electrons. The Kier molecular flexibility index (Phi) is 14.1. The number of hydrogen-bond donors (Lipinski definition) is 3. The van der Waals surface area contributed by atoms with Crippen LogP contribution in [0.5, 0.6) is 23.3 Å². The number of halogens is 1. The van der Waals surface area contributed by atoms with Gasteiger partial charge in [0.1, 0.15) is 18.2 Å². The fourth-order valence-corrected chi connectivity index (χ4v) is 15.3. The minimum atomic E-state index is -3.81. The van der Waals surface area contributed by atoms with Crippen LogP contribution in [0.4, 0.5) is 17.3 Å². The van der Waals surface area contributed by atoms with Gasteiger partial charge in [0.25, 0.3) is 30.4 Å². The van der Waals surface area contributed by atoms with Crippen molar-refractivity contribution in [1.29, 1.82) is 0 Å². The van der Waals surface area contributed by atoms with Crippen LogP contribution in [-0.4, -0.2) is 184 Å². The molecule has 0 amide bonds. The highest BCUT2D eigenvalue weighted by Crippen LogP contribution is 2.45. The van der Waals surface area contributed by atoms with Crippen LogP contribution in [-0.2, 0) is 44.4 Å². The first-order chi connectivity index (χ1) is 40.0. The molecule has 6 aliphatic heterocycles. The van der Waals surface area contributed by atoms with E-state index in [0.717, 1.165) is 79.5 Å². The van der Waals surface area contributed by atoms with E-state index in [1.54, 1.807) is 18.2 Å². The maximum atomic E-state index is 13.2. The Bertz CT molecular complexity index is 3660. The summed E-state index contributed by atoms with van der Waals surface area (Å²) in [5, 5.41) is 13.8. The Labute approximate surface area is 479 Å². The van der Waals surface area contributed by atoms with Crippen molar-refractivity contribution >= 4 is 61.4 Å². The standard InChI is InChI=1S/C23H27N7O4S.C15H28BrN5O3SSi.C14H14N2O2/c1-29-9-7-23(12-29)13-30(14-23)35(31,32)22-26-21(27-28-22)25-20-16(3-4-18-17(20)6-10-34-18)15-5-8-24-19(11-15)33-2;1-19-6-5-15(9-19)10-20(11-15)25(22,23)14-17-13(16)18-21(14)12-24-7-8-26(2,3)4;1-17-13-8-9(4-6-16-13)10-2-3-12-11(14(10)15)5-7-18-12/h3-5,8,11H,6-7,9-10,12-14H2,1-2H3,(H2,25,26,27,28);5-12H2,1-4H3;2-4,6,8H,5,7,15H2,1H3/i2D3;;1D3. The molecular formula is C52H69BrN14O9S2Si. The molecule has 23 nitrogen and oxygen atoms in total. The number of pyridine rings is 2. The summed E-state index contributed by atoms with van der Waals surface area (Å²) in [5.41, 5.74) is 12.4. The smallest absolute Gasteiger partial charge is 0.278 e. The lowest BCUT2D eigenvalue weighted by Gasteiger charge is -2.46. The number of nitrogens with two attached hydrogens (primary N) is 1. The zero-order chi connectivity index (χ0) is 60.9. The van der Waals surface area contributed by atoms with Crippen LogP contribution in [0.1, 0.15) is 32.2 Å². The Balaban J connectivity index is 0.000000149. The van der Waals surface area contributed by atoms with Crippen molar-refractivity contribution in [2.24, 2.45) is 10.8 Å². The van der Waals surface area contributed by atoms with Crippen molar-refractivity contribution in [3.63, 3.8) is 0 Å². The van der Waals surface area contributed by atoms with Gasteiger partial charge in [-0.1, -0.05) is 19.6 Å². The molecule has 27 heteroatoms. The first-order valence-corrected chi connectivity index (χ1v) is 33.2. The first kappa shape index (κ1) is 49.1. The van der Waals surface area contributed by atoms with Gasteiger partial charge in [-0.15, -0.1) is 10.2 Å². The van der Waals surface area contributed by atoms with Crippen molar-refractivity contribution in [3.05, 3.63) is 76.8 Å². The molecule has 10 heterocycles. The number of fused-ring (bicyclic) bond motifs is 2. The normalized spacial score (nSPS) is 20.0. The average molecular weight is 1210 g/mol. The fraction of sp³-hybridized carbons (Fsp3) is 0.500. The van der Waals surface area contributed by atoms with Crippen LogP contribution in [0, 0.1) is 10.8 Å². The third kappa shape index (κ3) is 12.1. The summed E-state index contributed by atoms with van der Waals surface area (Å²) in [7, 11) is -9.68. The number of hydrogen-bond acceptors (Lipinski definition) is 19. The third-order valence-electron chi connectivity index (χ3n) is 15.1. The molecule has 0 bridgehead atoms. The summed E-state index contributed by atoms with van der Waals surface area (Å²) in [6.45, 7) is 14.6.